The number of carbonyl (C=O) groups excluding carboxylic acids is 4. The summed E-state index contributed by atoms with van der Waals surface area (Å²) in [4.78, 5) is 57.6. The summed E-state index contributed by atoms with van der Waals surface area (Å²) >= 11 is 1.57. The molecule has 0 aliphatic carbocycles. The van der Waals surface area contributed by atoms with E-state index < -0.39 is 41.4 Å². The number of hydrogen-bond donors (Lipinski definition) is 3. The molecule has 10 nitrogen and oxygen atoms in total. The van der Waals surface area contributed by atoms with Crippen molar-refractivity contribution in [1.82, 2.24) is 20.5 Å². The molecule has 3 amide bonds. The first-order valence-electron chi connectivity index (χ1n) is 13.0. The molecule has 0 bridgehead atoms. The number of aryl methyl sites for hydroxylation is 1. The van der Waals surface area contributed by atoms with Crippen molar-refractivity contribution in [3.05, 3.63) is 41.0 Å². The molecule has 1 unspecified atom stereocenters. The molecule has 1 aliphatic rings. The molecule has 1 fully saturated rings. The van der Waals surface area contributed by atoms with E-state index in [1.165, 1.54) is 12.0 Å². The summed E-state index contributed by atoms with van der Waals surface area (Å²) < 4.78 is 4.58. The molecule has 0 radical (unpaired) electrons. The summed E-state index contributed by atoms with van der Waals surface area (Å²) in [5, 5.41) is 16.1. The predicted molar refractivity (Wildman–Crippen MR) is 148 cm³/mol. The van der Waals surface area contributed by atoms with Gasteiger partial charge in [-0.1, -0.05) is 45.0 Å². The first-order valence-corrected chi connectivity index (χ1v) is 13.8. The lowest BCUT2D eigenvalue weighted by atomic mass is 9.85. The highest BCUT2D eigenvalue weighted by Gasteiger charge is 2.44. The molecule has 1 saturated heterocycles. The SMILES string of the molecule is COC(=O)CCC(=O)NC(C(=O)N1C[C@H](O)C[C@H]1C(=O)N[C@@H](C)c1ccc(-c2scnc2C)cc1)C(C)(C)C. The van der Waals surface area contributed by atoms with Crippen LogP contribution in [0.4, 0.5) is 0 Å². The zero-order valence-electron chi connectivity index (χ0n) is 23.3. The van der Waals surface area contributed by atoms with Gasteiger partial charge in [-0.25, -0.2) is 4.98 Å². The van der Waals surface area contributed by atoms with Crippen molar-refractivity contribution in [3.8, 4) is 10.4 Å². The standard InChI is InChI=1S/C28H38N4O6S/c1-16(18-7-9-19(10-8-18)24-17(2)29-15-39-24)30-26(36)21-13-20(33)14-32(21)27(37)25(28(3,4)5)31-22(34)11-12-23(35)38-6/h7-10,15-16,20-21,25,33H,11-14H2,1-6H3,(H,30,36)(H,31,34)/t16-,20+,21-,25?/m0/s1. The Kier molecular flexibility index (Phi) is 9.84. The number of aromatic nitrogens is 1. The minimum absolute atomic E-state index is 0.0151. The molecule has 212 valence electrons. The van der Waals surface area contributed by atoms with Gasteiger partial charge in [0.2, 0.25) is 17.7 Å². The number of methoxy groups -OCH3 is 1. The summed E-state index contributed by atoms with van der Waals surface area (Å²) in [5.41, 5.74) is 4.04. The molecular formula is C28H38N4O6S. The number of rotatable bonds is 9. The van der Waals surface area contributed by atoms with Crippen molar-refractivity contribution >= 4 is 35.0 Å². The number of esters is 1. The van der Waals surface area contributed by atoms with Crippen LogP contribution in [0.1, 0.15) is 64.3 Å². The fourth-order valence-electron chi connectivity index (χ4n) is 4.57. The Morgan fingerprint density at radius 1 is 1.15 bits per heavy atom. The second-order valence-electron chi connectivity index (χ2n) is 11.0. The van der Waals surface area contributed by atoms with Crippen molar-refractivity contribution in [3.63, 3.8) is 0 Å². The first-order chi connectivity index (χ1) is 18.3. The van der Waals surface area contributed by atoms with Gasteiger partial charge in [0, 0.05) is 19.4 Å². The van der Waals surface area contributed by atoms with Gasteiger partial charge in [0.1, 0.15) is 12.1 Å². The number of carbonyl (C=O) groups is 4. The van der Waals surface area contributed by atoms with E-state index in [4.69, 9.17) is 0 Å². The van der Waals surface area contributed by atoms with E-state index >= 15 is 0 Å². The maximum Gasteiger partial charge on any atom is 0.306 e. The molecule has 4 atom stereocenters. The molecular weight excluding hydrogens is 520 g/mol. The lowest BCUT2D eigenvalue weighted by molar-refractivity contribution is -0.145. The Bertz CT molecular complexity index is 1190. The van der Waals surface area contributed by atoms with Crippen molar-refractivity contribution < 1.29 is 29.0 Å². The number of nitrogens with zero attached hydrogens (tertiary/aromatic N) is 2. The third kappa shape index (κ3) is 7.63. The molecule has 1 aromatic carbocycles. The van der Waals surface area contributed by atoms with Crippen LogP contribution in [-0.2, 0) is 23.9 Å². The normalized spacial score (nSPS) is 18.8. The monoisotopic (exact) mass is 558 g/mol. The molecule has 11 heteroatoms. The number of β-amino-alcohol motifs (C(OH)–C–C–N with tert-alkyl or cyclic N) is 1. The number of benzene rings is 1. The lowest BCUT2D eigenvalue weighted by Crippen LogP contribution is -2.57. The molecule has 39 heavy (non-hydrogen) atoms. The molecule has 0 spiro atoms. The number of aliphatic hydroxyl groups is 1. The van der Waals surface area contributed by atoms with E-state index in [1.54, 1.807) is 32.1 Å². The summed E-state index contributed by atoms with van der Waals surface area (Å²) in [6, 6.07) is 5.71. The van der Waals surface area contributed by atoms with Crippen LogP contribution in [0.15, 0.2) is 29.8 Å². The zero-order chi connectivity index (χ0) is 28.9. The van der Waals surface area contributed by atoms with Crippen molar-refractivity contribution in [2.75, 3.05) is 13.7 Å². The highest BCUT2D eigenvalue weighted by Crippen LogP contribution is 2.29. The Morgan fingerprint density at radius 3 is 2.38 bits per heavy atom. The lowest BCUT2D eigenvalue weighted by Gasteiger charge is -2.35. The molecule has 3 N–H and O–H groups in total. The van der Waals surface area contributed by atoms with Gasteiger partial charge in [-0.15, -0.1) is 11.3 Å². The molecule has 2 aromatic rings. The van der Waals surface area contributed by atoms with Gasteiger partial charge in [0.25, 0.3) is 0 Å². The number of nitrogens with one attached hydrogen (secondary N) is 2. The van der Waals surface area contributed by atoms with Gasteiger partial charge < -0.3 is 25.4 Å². The molecule has 1 aliphatic heterocycles. The third-order valence-electron chi connectivity index (χ3n) is 6.84. The Labute approximate surface area is 233 Å². The minimum atomic E-state index is -0.955. The van der Waals surface area contributed by atoms with E-state index in [0.717, 1.165) is 21.7 Å². The number of likely N-dealkylation sites (tertiary alicyclic amines) is 1. The Balaban J connectivity index is 1.70. The highest BCUT2D eigenvalue weighted by molar-refractivity contribution is 7.13. The van der Waals surface area contributed by atoms with Crippen LogP contribution < -0.4 is 10.6 Å². The summed E-state index contributed by atoms with van der Waals surface area (Å²) in [6.07, 6.45) is -1.000. The van der Waals surface area contributed by atoms with Gasteiger partial charge in [-0.2, -0.15) is 0 Å². The van der Waals surface area contributed by atoms with Gasteiger partial charge >= 0.3 is 5.97 Å². The van der Waals surface area contributed by atoms with Gasteiger partial charge in [-0.3, -0.25) is 19.2 Å². The van der Waals surface area contributed by atoms with E-state index in [0.29, 0.717) is 0 Å². The van der Waals surface area contributed by atoms with Crippen LogP contribution in [0.5, 0.6) is 0 Å². The summed E-state index contributed by atoms with van der Waals surface area (Å²) in [6.45, 7) is 9.22. The first kappa shape index (κ1) is 30.2. The Morgan fingerprint density at radius 2 is 1.82 bits per heavy atom. The van der Waals surface area contributed by atoms with Crippen molar-refractivity contribution in [1.29, 1.82) is 0 Å². The topological polar surface area (TPSA) is 138 Å². The van der Waals surface area contributed by atoms with Crippen LogP contribution in [0, 0.1) is 12.3 Å². The fourth-order valence-corrected chi connectivity index (χ4v) is 5.38. The molecule has 3 rings (SSSR count). The van der Waals surface area contributed by atoms with Gasteiger partial charge in [-0.05, 0) is 30.4 Å². The van der Waals surface area contributed by atoms with Gasteiger partial charge in [0.05, 0.1) is 41.8 Å². The predicted octanol–water partition coefficient (Wildman–Crippen LogP) is 2.74. The average Bonchev–Trinajstić information content (AvgIpc) is 3.50. The Hall–Kier alpha value is -3.31. The zero-order valence-corrected chi connectivity index (χ0v) is 24.1. The van der Waals surface area contributed by atoms with E-state index in [9.17, 15) is 24.3 Å². The van der Waals surface area contributed by atoms with Crippen LogP contribution in [0.2, 0.25) is 0 Å². The fraction of sp³-hybridized carbons (Fsp3) is 0.536. The minimum Gasteiger partial charge on any atom is -0.469 e. The summed E-state index contributed by atoms with van der Waals surface area (Å²) in [7, 11) is 1.24. The van der Waals surface area contributed by atoms with E-state index in [1.807, 2.05) is 43.6 Å². The highest BCUT2D eigenvalue weighted by atomic mass is 32.1. The maximum absolute atomic E-state index is 13.6. The van der Waals surface area contributed by atoms with E-state index in [-0.39, 0.29) is 37.8 Å². The smallest absolute Gasteiger partial charge is 0.306 e. The molecule has 2 heterocycles. The number of hydrogen-bond acceptors (Lipinski definition) is 8. The van der Waals surface area contributed by atoms with Crippen LogP contribution >= 0.6 is 11.3 Å². The largest absolute Gasteiger partial charge is 0.469 e. The second-order valence-corrected chi connectivity index (χ2v) is 11.8. The number of aliphatic hydroxyl groups excluding tert-OH is 1. The van der Waals surface area contributed by atoms with Crippen LogP contribution in [0.25, 0.3) is 10.4 Å². The second kappa shape index (κ2) is 12.7. The summed E-state index contributed by atoms with van der Waals surface area (Å²) in [5.74, 6) is -1.83. The van der Waals surface area contributed by atoms with Gasteiger partial charge in [0.15, 0.2) is 0 Å². The van der Waals surface area contributed by atoms with Crippen molar-refractivity contribution in [2.24, 2.45) is 5.41 Å². The van der Waals surface area contributed by atoms with E-state index in [2.05, 4.69) is 20.4 Å². The number of amides is 3. The van der Waals surface area contributed by atoms with Crippen molar-refractivity contribution in [2.45, 2.75) is 78.1 Å². The van der Waals surface area contributed by atoms with Crippen LogP contribution in [-0.4, -0.2) is 70.5 Å². The number of ether oxygens (including phenoxy) is 1. The quantitative estimate of drug-likeness (QED) is 0.403. The average molecular weight is 559 g/mol. The molecule has 1 aromatic heterocycles. The van der Waals surface area contributed by atoms with Crippen LogP contribution in [0.3, 0.4) is 0 Å². The third-order valence-corrected chi connectivity index (χ3v) is 7.82. The number of thiazole rings is 1. The maximum atomic E-state index is 13.6. The molecule has 0 saturated carbocycles.